The van der Waals surface area contributed by atoms with Gasteiger partial charge in [0.05, 0.1) is 6.42 Å². The second-order valence-corrected chi connectivity index (χ2v) is 5.68. The highest BCUT2D eigenvalue weighted by Crippen LogP contribution is 2.24. The Morgan fingerprint density at radius 3 is 2.39 bits per heavy atom. The molecule has 0 bridgehead atoms. The van der Waals surface area contributed by atoms with Crippen molar-refractivity contribution in [1.29, 1.82) is 0 Å². The number of ether oxygens (including phenoxy) is 1. The van der Waals surface area contributed by atoms with Crippen LogP contribution in [0.5, 0.6) is 0 Å². The van der Waals surface area contributed by atoms with E-state index in [1.54, 1.807) is 25.1 Å². The third-order valence-corrected chi connectivity index (χ3v) is 3.70. The predicted molar refractivity (Wildman–Crippen MR) is 87.6 cm³/mol. The van der Waals surface area contributed by atoms with Gasteiger partial charge in [-0.15, -0.1) is 0 Å². The largest absolute Gasteiger partial charge is 0.455 e. The highest BCUT2D eigenvalue weighted by atomic mass is 35.5. The number of esters is 1. The Hall–Kier alpha value is -1.79. The third kappa shape index (κ3) is 6.88. The van der Waals surface area contributed by atoms with E-state index in [1.165, 1.54) is 0 Å². The van der Waals surface area contributed by atoms with E-state index in [2.05, 4.69) is 10.6 Å². The Labute approximate surface area is 144 Å². The summed E-state index contributed by atoms with van der Waals surface area (Å²) >= 11 is 11.9. The van der Waals surface area contributed by atoms with Gasteiger partial charge in [0.25, 0.3) is 5.91 Å². The van der Waals surface area contributed by atoms with Crippen LogP contribution < -0.4 is 10.6 Å². The number of carbonyl (C=O) groups is 3. The Kier molecular flexibility index (Phi) is 7.85. The summed E-state index contributed by atoms with van der Waals surface area (Å²) in [6, 6.07) is 4.16. The van der Waals surface area contributed by atoms with Crippen molar-refractivity contribution in [1.82, 2.24) is 10.6 Å². The van der Waals surface area contributed by atoms with Crippen molar-refractivity contribution < 1.29 is 19.1 Å². The van der Waals surface area contributed by atoms with Crippen LogP contribution in [-0.4, -0.2) is 30.6 Å². The summed E-state index contributed by atoms with van der Waals surface area (Å²) in [5.41, 5.74) is 0.427. The van der Waals surface area contributed by atoms with Crippen molar-refractivity contribution in [2.75, 3.05) is 6.61 Å². The van der Waals surface area contributed by atoms with Crippen LogP contribution in [0.15, 0.2) is 18.2 Å². The fourth-order valence-electron chi connectivity index (χ4n) is 1.57. The van der Waals surface area contributed by atoms with Crippen molar-refractivity contribution in [2.24, 2.45) is 0 Å². The average molecular weight is 361 g/mol. The first-order valence-corrected chi connectivity index (χ1v) is 7.78. The predicted octanol–water partition coefficient (Wildman–Crippen LogP) is 2.70. The quantitative estimate of drug-likeness (QED) is 0.763. The molecule has 0 heterocycles. The summed E-state index contributed by atoms with van der Waals surface area (Å²) in [4.78, 5) is 34.7. The van der Waals surface area contributed by atoms with Gasteiger partial charge in [0.2, 0.25) is 0 Å². The minimum atomic E-state index is -0.718. The number of halogens is 2. The maximum Gasteiger partial charge on any atom is 0.321 e. The zero-order valence-corrected chi connectivity index (χ0v) is 14.3. The number of hydrogen-bond donors (Lipinski definition) is 2. The molecule has 0 fully saturated rings. The summed E-state index contributed by atoms with van der Waals surface area (Å²) in [6.07, 6.45) is 0.569. The molecule has 0 unspecified atom stereocenters. The normalized spacial score (nSPS) is 11.5. The van der Waals surface area contributed by atoms with Gasteiger partial charge in [0.1, 0.15) is 0 Å². The van der Waals surface area contributed by atoms with Crippen LogP contribution in [0, 0.1) is 0 Å². The first-order valence-electron chi connectivity index (χ1n) is 7.02. The molecule has 0 aliphatic rings. The molecule has 0 radical (unpaired) electrons. The van der Waals surface area contributed by atoms with Crippen molar-refractivity contribution in [2.45, 2.75) is 32.7 Å². The number of carbonyl (C=O) groups excluding carboxylic acids is 3. The zero-order valence-electron chi connectivity index (χ0n) is 12.8. The van der Waals surface area contributed by atoms with E-state index in [9.17, 15) is 14.4 Å². The van der Waals surface area contributed by atoms with Crippen molar-refractivity contribution in [3.8, 4) is 0 Å². The van der Waals surface area contributed by atoms with Gasteiger partial charge >= 0.3 is 12.0 Å². The monoisotopic (exact) mass is 360 g/mol. The molecule has 1 atom stereocenters. The van der Waals surface area contributed by atoms with Crippen molar-refractivity contribution >= 4 is 41.1 Å². The number of imide groups is 1. The molecule has 0 aliphatic heterocycles. The molecule has 0 spiro atoms. The molecule has 0 saturated carbocycles. The molecule has 2 N–H and O–H groups in total. The summed E-state index contributed by atoms with van der Waals surface area (Å²) in [5.74, 6) is -1.39. The second-order valence-electron chi connectivity index (χ2n) is 4.87. The van der Waals surface area contributed by atoms with Crippen molar-refractivity contribution in [3.63, 3.8) is 0 Å². The van der Waals surface area contributed by atoms with Crippen LogP contribution in [0.3, 0.4) is 0 Å². The summed E-state index contributed by atoms with van der Waals surface area (Å²) in [5, 5.41) is 5.30. The lowest BCUT2D eigenvalue weighted by Gasteiger charge is -2.12. The summed E-state index contributed by atoms with van der Waals surface area (Å²) < 4.78 is 4.80. The molecule has 1 aromatic carbocycles. The fourth-order valence-corrected chi connectivity index (χ4v) is 2.10. The van der Waals surface area contributed by atoms with E-state index in [0.717, 1.165) is 6.42 Å². The van der Waals surface area contributed by atoms with E-state index in [4.69, 9.17) is 27.9 Å². The molecule has 0 aliphatic carbocycles. The van der Waals surface area contributed by atoms with Crippen LogP contribution in [0.2, 0.25) is 10.0 Å². The molecule has 126 valence electrons. The van der Waals surface area contributed by atoms with E-state index < -0.39 is 24.5 Å². The third-order valence-electron chi connectivity index (χ3n) is 2.99. The molecular weight excluding hydrogens is 343 g/mol. The standard InChI is InChI=1S/C15H18Cl2N2O4/c1-3-9(2)18-15(22)19-13(20)8-23-14(21)7-10-11(16)5-4-6-12(10)17/h4-6,9H,3,7-8H2,1-2H3,(H2,18,19,20,22)/t9-/m0/s1. The van der Waals surface area contributed by atoms with Gasteiger partial charge in [-0.2, -0.15) is 0 Å². The van der Waals surface area contributed by atoms with Gasteiger partial charge < -0.3 is 10.1 Å². The number of nitrogens with one attached hydrogen (secondary N) is 2. The van der Waals surface area contributed by atoms with Gasteiger partial charge in [-0.1, -0.05) is 36.2 Å². The molecular formula is C15H18Cl2N2O4. The maximum atomic E-state index is 11.7. The fraction of sp³-hybridized carbons (Fsp3) is 0.400. The first kappa shape index (κ1) is 19.3. The topological polar surface area (TPSA) is 84.5 Å². The van der Waals surface area contributed by atoms with Gasteiger partial charge in [0, 0.05) is 21.7 Å². The number of rotatable bonds is 6. The molecule has 8 heteroatoms. The Balaban J connectivity index is 2.41. The van der Waals surface area contributed by atoms with E-state index in [1.807, 2.05) is 6.92 Å². The molecule has 0 saturated heterocycles. The maximum absolute atomic E-state index is 11.7. The SMILES string of the molecule is CC[C@H](C)NC(=O)NC(=O)COC(=O)Cc1c(Cl)cccc1Cl. The van der Waals surface area contributed by atoms with Crippen LogP contribution in [0.25, 0.3) is 0 Å². The lowest BCUT2D eigenvalue weighted by atomic mass is 10.1. The van der Waals surface area contributed by atoms with Crippen LogP contribution in [-0.2, 0) is 20.7 Å². The highest BCUT2D eigenvalue weighted by Gasteiger charge is 2.15. The van der Waals surface area contributed by atoms with Gasteiger partial charge in [-0.3, -0.25) is 14.9 Å². The second kappa shape index (κ2) is 9.37. The molecule has 1 rings (SSSR count). The van der Waals surface area contributed by atoms with E-state index in [-0.39, 0.29) is 12.5 Å². The minimum absolute atomic E-state index is 0.0623. The number of hydrogen-bond acceptors (Lipinski definition) is 4. The average Bonchev–Trinajstić information content (AvgIpc) is 2.48. The molecule has 0 aromatic heterocycles. The van der Waals surface area contributed by atoms with Gasteiger partial charge in [-0.05, 0) is 25.5 Å². The van der Waals surface area contributed by atoms with Crippen LogP contribution in [0.4, 0.5) is 4.79 Å². The Morgan fingerprint density at radius 2 is 1.83 bits per heavy atom. The Morgan fingerprint density at radius 1 is 1.22 bits per heavy atom. The summed E-state index contributed by atoms with van der Waals surface area (Å²) in [6.45, 7) is 3.14. The van der Waals surface area contributed by atoms with E-state index >= 15 is 0 Å². The van der Waals surface area contributed by atoms with Crippen molar-refractivity contribution in [3.05, 3.63) is 33.8 Å². The van der Waals surface area contributed by atoms with Gasteiger partial charge in [0.15, 0.2) is 6.61 Å². The highest BCUT2D eigenvalue weighted by molar-refractivity contribution is 6.36. The van der Waals surface area contributed by atoms with E-state index in [0.29, 0.717) is 15.6 Å². The number of urea groups is 1. The smallest absolute Gasteiger partial charge is 0.321 e. The first-order chi connectivity index (χ1) is 10.8. The molecule has 1 aromatic rings. The molecule has 23 heavy (non-hydrogen) atoms. The number of amides is 3. The Bertz CT molecular complexity index is 573. The molecule has 6 nitrogen and oxygen atoms in total. The van der Waals surface area contributed by atoms with Gasteiger partial charge in [-0.25, -0.2) is 4.79 Å². The number of benzene rings is 1. The zero-order chi connectivity index (χ0) is 17.4. The van der Waals surface area contributed by atoms with Crippen LogP contribution in [0.1, 0.15) is 25.8 Å². The van der Waals surface area contributed by atoms with Crippen LogP contribution >= 0.6 is 23.2 Å². The summed E-state index contributed by atoms with van der Waals surface area (Å²) in [7, 11) is 0. The lowest BCUT2D eigenvalue weighted by Crippen LogP contribution is -2.44. The molecule has 3 amide bonds. The minimum Gasteiger partial charge on any atom is -0.455 e. The lowest BCUT2D eigenvalue weighted by molar-refractivity contribution is -0.147.